The van der Waals surface area contributed by atoms with Crippen LogP contribution in [0.15, 0.2) is 53.9 Å². The van der Waals surface area contributed by atoms with Crippen molar-refractivity contribution in [3.05, 3.63) is 65.2 Å². The number of carbonyl (C=O) groups excluding carboxylic acids is 2. The van der Waals surface area contributed by atoms with Gasteiger partial charge >= 0.3 is 6.03 Å². The third-order valence-electron chi connectivity index (χ3n) is 5.54. The summed E-state index contributed by atoms with van der Waals surface area (Å²) in [6, 6.07) is 14.7. The molecule has 1 atom stereocenters. The predicted molar refractivity (Wildman–Crippen MR) is 116 cm³/mol. The molecule has 2 aliphatic rings. The first kappa shape index (κ1) is 19.6. The highest BCUT2D eigenvalue weighted by atomic mass is 32.1. The summed E-state index contributed by atoms with van der Waals surface area (Å²) in [7, 11) is 0. The molecule has 8 heteroatoms. The molecule has 1 spiro atoms. The average Bonchev–Trinajstić information content (AvgIpc) is 3.34. The maximum atomic E-state index is 13.4. The van der Waals surface area contributed by atoms with Crippen molar-refractivity contribution in [1.82, 2.24) is 15.2 Å². The van der Waals surface area contributed by atoms with Crippen molar-refractivity contribution in [1.29, 1.82) is 0 Å². The third kappa shape index (κ3) is 3.33. The van der Waals surface area contributed by atoms with Crippen LogP contribution < -0.4 is 14.8 Å². The number of hydrogen-bond donors (Lipinski definition) is 1. The number of urea groups is 1. The number of thiazole rings is 1. The number of benzene rings is 2. The summed E-state index contributed by atoms with van der Waals surface area (Å²) in [4.78, 5) is 32.0. The summed E-state index contributed by atoms with van der Waals surface area (Å²) in [6.45, 7) is 3.06. The van der Waals surface area contributed by atoms with Gasteiger partial charge in [-0.2, -0.15) is 0 Å². The van der Waals surface area contributed by atoms with Crippen LogP contribution in [-0.2, 0) is 16.9 Å². The lowest BCUT2D eigenvalue weighted by atomic mass is 9.84. The molecule has 1 fully saturated rings. The van der Waals surface area contributed by atoms with Crippen LogP contribution in [0.5, 0.6) is 11.5 Å². The minimum Gasteiger partial charge on any atom is -0.494 e. The Morgan fingerprint density at radius 1 is 1.19 bits per heavy atom. The first-order chi connectivity index (χ1) is 15.1. The molecule has 0 radical (unpaired) electrons. The Hall–Kier alpha value is -3.39. The molecule has 0 bridgehead atoms. The average molecular weight is 436 g/mol. The van der Waals surface area contributed by atoms with Crippen LogP contribution in [0.1, 0.15) is 24.6 Å². The Morgan fingerprint density at radius 2 is 2.00 bits per heavy atom. The minimum absolute atomic E-state index is 0.128. The van der Waals surface area contributed by atoms with E-state index in [1.807, 2.05) is 60.8 Å². The van der Waals surface area contributed by atoms with Gasteiger partial charge in [-0.3, -0.25) is 9.69 Å². The van der Waals surface area contributed by atoms with Crippen molar-refractivity contribution in [3.8, 4) is 22.1 Å². The second-order valence-electron chi connectivity index (χ2n) is 7.42. The smallest absolute Gasteiger partial charge is 0.325 e. The molecule has 158 valence electrons. The molecule has 0 saturated carbocycles. The van der Waals surface area contributed by atoms with E-state index < -0.39 is 11.6 Å². The number of amides is 3. The van der Waals surface area contributed by atoms with Crippen LogP contribution in [0.25, 0.3) is 10.6 Å². The first-order valence-electron chi connectivity index (χ1n) is 10.1. The Bertz CT molecular complexity index is 1140. The van der Waals surface area contributed by atoms with Crippen LogP contribution in [0.4, 0.5) is 4.79 Å². The van der Waals surface area contributed by atoms with E-state index in [1.54, 1.807) is 0 Å². The maximum absolute atomic E-state index is 13.4. The monoisotopic (exact) mass is 435 g/mol. The number of carbonyl (C=O) groups is 2. The summed E-state index contributed by atoms with van der Waals surface area (Å²) in [6.07, 6.45) is 0.402. The zero-order valence-corrected chi connectivity index (χ0v) is 17.8. The van der Waals surface area contributed by atoms with E-state index in [0.717, 1.165) is 16.3 Å². The molecule has 3 amide bonds. The molecule has 0 aliphatic carbocycles. The molecule has 31 heavy (non-hydrogen) atoms. The topological polar surface area (TPSA) is 80.8 Å². The van der Waals surface area contributed by atoms with E-state index >= 15 is 0 Å². The highest BCUT2D eigenvalue weighted by Gasteiger charge is 2.54. The van der Waals surface area contributed by atoms with Crippen molar-refractivity contribution in [2.24, 2.45) is 0 Å². The van der Waals surface area contributed by atoms with Crippen molar-refractivity contribution in [2.75, 3.05) is 13.2 Å². The molecule has 0 unspecified atom stereocenters. The molecule has 3 aromatic rings. The van der Waals surface area contributed by atoms with E-state index in [2.05, 4.69) is 10.3 Å². The number of rotatable bonds is 5. The Labute approximate surface area is 183 Å². The predicted octanol–water partition coefficient (Wildman–Crippen LogP) is 3.94. The normalized spacial score (nSPS) is 19.8. The molecule has 5 rings (SSSR count). The lowest BCUT2D eigenvalue weighted by Gasteiger charge is -2.33. The molecule has 2 aliphatic heterocycles. The molecule has 1 N–H and O–H groups in total. The molecule has 1 aromatic heterocycles. The highest BCUT2D eigenvalue weighted by Crippen LogP contribution is 2.41. The van der Waals surface area contributed by atoms with Crippen LogP contribution in [-0.4, -0.2) is 35.0 Å². The summed E-state index contributed by atoms with van der Waals surface area (Å²) >= 11 is 1.48. The van der Waals surface area contributed by atoms with Gasteiger partial charge < -0.3 is 14.8 Å². The van der Waals surface area contributed by atoms with E-state index in [9.17, 15) is 9.59 Å². The van der Waals surface area contributed by atoms with Gasteiger partial charge in [0.05, 0.1) is 25.5 Å². The quantitative estimate of drug-likeness (QED) is 0.614. The Kier molecular flexibility index (Phi) is 4.86. The van der Waals surface area contributed by atoms with Gasteiger partial charge in [-0.05, 0) is 37.3 Å². The molecule has 7 nitrogen and oxygen atoms in total. The van der Waals surface area contributed by atoms with Crippen LogP contribution in [0, 0.1) is 0 Å². The number of para-hydroxylation sites is 1. The van der Waals surface area contributed by atoms with Gasteiger partial charge in [0.2, 0.25) is 0 Å². The molecular weight excluding hydrogens is 414 g/mol. The Morgan fingerprint density at radius 3 is 2.81 bits per heavy atom. The van der Waals surface area contributed by atoms with E-state index in [4.69, 9.17) is 9.47 Å². The van der Waals surface area contributed by atoms with Gasteiger partial charge in [0.25, 0.3) is 5.91 Å². The number of ether oxygens (including phenoxy) is 2. The largest absolute Gasteiger partial charge is 0.494 e. The number of hydrogen-bond acceptors (Lipinski definition) is 6. The minimum atomic E-state index is -1.07. The van der Waals surface area contributed by atoms with Gasteiger partial charge in [0.15, 0.2) is 5.54 Å². The fourth-order valence-corrected chi connectivity index (χ4v) is 4.87. The van der Waals surface area contributed by atoms with E-state index in [1.165, 1.54) is 16.2 Å². The zero-order chi connectivity index (χ0) is 21.4. The van der Waals surface area contributed by atoms with Crippen molar-refractivity contribution < 1.29 is 19.1 Å². The third-order valence-corrected chi connectivity index (χ3v) is 6.48. The van der Waals surface area contributed by atoms with E-state index in [-0.39, 0.29) is 12.5 Å². The number of aromatic nitrogens is 1. The number of fused-ring (bicyclic) bond motifs is 2. The second-order valence-corrected chi connectivity index (χ2v) is 8.28. The van der Waals surface area contributed by atoms with Gasteiger partial charge in [0.1, 0.15) is 16.5 Å². The van der Waals surface area contributed by atoms with Gasteiger partial charge in [0, 0.05) is 22.9 Å². The fraction of sp³-hybridized carbons (Fsp3) is 0.261. The lowest BCUT2D eigenvalue weighted by molar-refractivity contribution is -0.133. The maximum Gasteiger partial charge on any atom is 0.325 e. The molecule has 2 aromatic carbocycles. The fourth-order valence-electron chi connectivity index (χ4n) is 4.05. The zero-order valence-electron chi connectivity index (χ0n) is 17.0. The summed E-state index contributed by atoms with van der Waals surface area (Å²) in [5.74, 6) is 1.18. The van der Waals surface area contributed by atoms with Crippen LogP contribution in [0.3, 0.4) is 0 Å². The van der Waals surface area contributed by atoms with Gasteiger partial charge in [-0.15, -0.1) is 11.3 Å². The second kappa shape index (κ2) is 7.70. The lowest BCUT2D eigenvalue weighted by Crippen LogP contribution is -2.47. The van der Waals surface area contributed by atoms with E-state index in [0.29, 0.717) is 36.6 Å². The van der Waals surface area contributed by atoms with Crippen molar-refractivity contribution >= 4 is 23.3 Å². The SMILES string of the molecule is CCOc1ccc(-c2nc(CN3C(=O)N[C@]4(CCOc5ccccc54)C3=O)cs2)cc1. The van der Waals surface area contributed by atoms with Crippen molar-refractivity contribution in [3.63, 3.8) is 0 Å². The van der Waals surface area contributed by atoms with Gasteiger partial charge in [-0.25, -0.2) is 9.78 Å². The molecule has 1 saturated heterocycles. The summed E-state index contributed by atoms with van der Waals surface area (Å²) in [5, 5.41) is 5.64. The first-order valence-corrected chi connectivity index (χ1v) is 11.0. The number of nitrogens with zero attached hydrogens (tertiary/aromatic N) is 2. The molecular formula is C23H21N3O4S. The summed E-state index contributed by atoms with van der Waals surface area (Å²) in [5.41, 5.74) is 1.27. The van der Waals surface area contributed by atoms with Gasteiger partial charge in [-0.1, -0.05) is 18.2 Å². The Balaban J connectivity index is 1.37. The van der Waals surface area contributed by atoms with Crippen LogP contribution >= 0.6 is 11.3 Å². The van der Waals surface area contributed by atoms with Crippen LogP contribution in [0.2, 0.25) is 0 Å². The van der Waals surface area contributed by atoms with Crippen molar-refractivity contribution in [2.45, 2.75) is 25.4 Å². The molecule has 3 heterocycles. The standard InChI is InChI=1S/C23H21N3O4S/c1-2-29-17-9-7-15(8-10-17)20-24-16(14-31-20)13-26-21(27)23(25-22(26)28)11-12-30-19-6-4-3-5-18(19)23/h3-10,14H,2,11-13H2,1H3,(H,25,28)/t23-/m0/s1. The number of imide groups is 1. The summed E-state index contributed by atoms with van der Waals surface area (Å²) < 4.78 is 11.2. The number of nitrogens with one attached hydrogen (secondary N) is 1. The highest BCUT2D eigenvalue weighted by molar-refractivity contribution is 7.13.